The summed E-state index contributed by atoms with van der Waals surface area (Å²) >= 11 is 0. The fourth-order valence-electron chi connectivity index (χ4n) is 3.35. The number of fused-ring (bicyclic) bond motifs is 1. The molecule has 2 unspecified atom stereocenters. The van der Waals surface area contributed by atoms with Crippen molar-refractivity contribution in [2.75, 3.05) is 7.05 Å². The summed E-state index contributed by atoms with van der Waals surface area (Å²) in [5.74, 6) is -2.22. The third-order valence-corrected chi connectivity index (χ3v) is 4.57. The van der Waals surface area contributed by atoms with E-state index in [2.05, 4.69) is 10.6 Å². The molecule has 2 atom stereocenters. The monoisotopic (exact) mass is 373 g/mol. The lowest BCUT2D eigenvalue weighted by atomic mass is 9.98. The van der Waals surface area contributed by atoms with Crippen LogP contribution >= 0.6 is 0 Å². The fourth-order valence-corrected chi connectivity index (χ4v) is 3.35. The van der Waals surface area contributed by atoms with Crippen LogP contribution in [0.1, 0.15) is 46.0 Å². The number of carbonyl (C=O) groups is 5. The molecule has 2 heterocycles. The second-order valence-electron chi connectivity index (χ2n) is 6.46. The van der Waals surface area contributed by atoms with Crippen LogP contribution in [0.25, 0.3) is 0 Å². The Morgan fingerprint density at radius 1 is 1.30 bits per heavy atom. The third kappa shape index (κ3) is 3.40. The van der Waals surface area contributed by atoms with Gasteiger partial charge < -0.3 is 10.1 Å². The van der Waals surface area contributed by atoms with E-state index in [0.29, 0.717) is 5.56 Å². The van der Waals surface area contributed by atoms with Crippen molar-refractivity contribution >= 4 is 29.7 Å². The van der Waals surface area contributed by atoms with Gasteiger partial charge in [-0.3, -0.25) is 29.4 Å². The summed E-state index contributed by atoms with van der Waals surface area (Å²) in [7, 11) is 1.44. The molecule has 2 aliphatic heterocycles. The average Bonchev–Trinajstić information content (AvgIpc) is 2.87. The second kappa shape index (κ2) is 7.18. The molecule has 9 nitrogen and oxygen atoms in total. The van der Waals surface area contributed by atoms with Crippen LogP contribution in [-0.4, -0.2) is 53.8 Å². The highest BCUT2D eigenvalue weighted by Crippen LogP contribution is 2.30. The van der Waals surface area contributed by atoms with Crippen LogP contribution in [0.3, 0.4) is 0 Å². The minimum atomic E-state index is -1.01. The third-order valence-electron chi connectivity index (χ3n) is 4.57. The van der Waals surface area contributed by atoms with Crippen LogP contribution in [0, 0.1) is 0 Å². The first-order chi connectivity index (χ1) is 12.8. The molecule has 0 aliphatic carbocycles. The van der Waals surface area contributed by atoms with Crippen molar-refractivity contribution in [3.05, 3.63) is 34.9 Å². The van der Waals surface area contributed by atoms with Gasteiger partial charge in [0.25, 0.3) is 11.8 Å². The molecule has 142 valence electrons. The molecule has 1 aromatic carbocycles. The molecule has 2 aliphatic rings. The van der Waals surface area contributed by atoms with Gasteiger partial charge in [0, 0.05) is 19.9 Å². The van der Waals surface area contributed by atoms with Crippen molar-refractivity contribution in [1.29, 1.82) is 0 Å². The van der Waals surface area contributed by atoms with E-state index in [9.17, 15) is 24.0 Å². The number of hydrogen-bond acceptors (Lipinski definition) is 6. The molecule has 2 N–H and O–H groups in total. The van der Waals surface area contributed by atoms with Gasteiger partial charge in [0.2, 0.25) is 11.8 Å². The van der Waals surface area contributed by atoms with Crippen LogP contribution < -0.4 is 10.6 Å². The zero-order valence-electron chi connectivity index (χ0n) is 14.9. The highest BCUT2D eigenvalue weighted by Gasteiger charge is 2.45. The Bertz CT molecular complexity index is 849. The Balaban J connectivity index is 1.87. The summed E-state index contributed by atoms with van der Waals surface area (Å²) in [6.07, 6.45) is -0.722. The van der Waals surface area contributed by atoms with Crippen LogP contribution in [0.2, 0.25) is 0 Å². The molecule has 0 saturated carbocycles. The maximum Gasteiger partial charge on any atom is 0.407 e. The lowest BCUT2D eigenvalue weighted by Gasteiger charge is -2.27. The lowest BCUT2D eigenvalue weighted by molar-refractivity contribution is -0.136. The molecule has 1 fully saturated rings. The molecule has 0 aromatic heterocycles. The first kappa shape index (κ1) is 18.6. The quantitative estimate of drug-likeness (QED) is 0.736. The van der Waals surface area contributed by atoms with Gasteiger partial charge >= 0.3 is 6.09 Å². The Labute approximate surface area is 155 Å². The summed E-state index contributed by atoms with van der Waals surface area (Å²) in [5.41, 5.74) is 0.964. The number of amides is 5. The van der Waals surface area contributed by atoms with E-state index < -0.39 is 41.9 Å². The van der Waals surface area contributed by atoms with Crippen molar-refractivity contribution in [2.24, 2.45) is 0 Å². The van der Waals surface area contributed by atoms with E-state index in [1.54, 1.807) is 19.1 Å². The molecule has 1 aromatic rings. The Morgan fingerprint density at radius 3 is 2.70 bits per heavy atom. The van der Waals surface area contributed by atoms with Gasteiger partial charge in [0.05, 0.1) is 11.1 Å². The van der Waals surface area contributed by atoms with Gasteiger partial charge in [0.15, 0.2) is 0 Å². The minimum Gasteiger partial charge on any atom is -0.446 e. The number of ether oxygens (including phenoxy) is 1. The largest absolute Gasteiger partial charge is 0.446 e. The number of piperidine rings is 1. The van der Waals surface area contributed by atoms with Crippen molar-refractivity contribution < 1.29 is 28.7 Å². The Kier molecular flexibility index (Phi) is 4.93. The number of alkyl carbamates (subject to hydrolysis) is 1. The maximum atomic E-state index is 12.9. The number of rotatable bonds is 4. The van der Waals surface area contributed by atoms with Crippen LogP contribution in [-0.2, 0) is 20.7 Å². The van der Waals surface area contributed by atoms with Crippen molar-refractivity contribution in [1.82, 2.24) is 15.5 Å². The highest BCUT2D eigenvalue weighted by atomic mass is 16.6. The smallest absolute Gasteiger partial charge is 0.407 e. The van der Waals surface area contributed by atoms with Gasteiger partial charge in [-0.2, -0.15) is 0 Å². The van der Waals surface area contributed by atoms with E-state index in [1.165, 1.54) is 13.1 Å². The van der Waals surface area contributed by atoms with Crippen LogP contribution in [0.15, 0.2) is 18.2 Å². The molecule has 9 heteroatoms. The summed E-state index contributed by atoms with van der Waals surface area (Å²) in [5, 5.41) is 4.51. The number of carbonyl (C=O) groups excluding carboxylic acids is 5. The van der Waals surface area contributed by atoms with E-state index in [4.69, 9.17) is 4.74 Å². The number of benzene rings is 1. The molecular formula is C18H19N3O6. The van der Waals surface area contributed by atoms with Crippen molar-refractivity contribution in [3.8, 4) is 0 Å². The van der Waals surface area contributed by atoms with Crippen molar-refractivity contribution in [2.45, 2.75) is 38.3 Å². The molecule has 0 bridgehead atoms. The SMILES string of the molecule is CNC(=O)OC(C)Cc1cccc2c1C(=O)N(C1CCC(=O)NC1=O)C2=O. The van der Waals surface area contributed by atoms with E-state index >= 15 is 0 Å². The molecule has 0 radical (unpaired) electrons. The first-order valence-corrected chi connectivity index (χ1v) is 8.55. The van der Waals surface area contributed by atoms with Crippen molar-refractivity contribution in [3.63, 3.8) is 0 Å². The number of nitrogens with one attached hydrogen (secondary N) is 2. The van der Waals surface area contributed by atoms with Gasteiger partial charge in [0.1, 0.15) is 12.1 Å². The van der Waals surface area contributed by atoms with E-state index in [-0.39, 0.29) is 30.4 Å². The molecule has 1 saturated heterocycles. The summed E-state index contributed by atoms with van der Waals surface area (Å²) in [4.78, 5) is 61.4. The fraction of sp³-hybridized carbons (Fsp3) is 0.389. The lowest BCUT2D eigenvalue weighted by Crippen LogP contribution is -2.54. The van der Waals surface area contributed by atoms with E-state index in [1.807, 2.05) is 0 Å². The van der Waals surface area contributed by atoms with Gasteiger partial charge in [-0.1, -0.05) is 12.1 Å². The molecule has 3 rings (SSSR count). The molecule has 27 heavy (non-hydrogen) atoms. The average molecular weight is 373 g/mol. The number of nitrogens with zero attached hydrogens (tertiary/aromatic N) is 1. The zero-order chi connectivity index (χ0) is 19.7. The van der Waals surface area contributed by atoms with E-state index in [0.717, 1.165) is 4.90 Å². The number of imide groups is 2. The minimum absolute atomic E-state index is 0.0632. The summed E-state index contributed by atoms with van der Waals surface area (Å²) in [6, 6.07) is 3.83. The standard InChI is InChI=1S/C18H19N3O6/c1-9(27-18(26)19-2)8-10-4-3-5-11-14(10)17(25)21(16(11)24)12-6-7-13(22)20-15(12)23/h3-5,9,12H,6-8H2,1-2H3,(H,19,26)(H,20,22,23). The molecule has 0 spiro atoms. The topological polar surface area (TPSA) is 122 Å². The second-order valence-corrected chi connectivity index (χ2v) is 6.46. The predicted octanol–water partition coefficient (Wildman–Crippen LogP) is 0.375. The molecule has 5 amide bonds. The van der Waals surface area contributed by atoms with Gasteiger partial charge in [-0.05, 0) is 25.0 Å². The van der Waals surface area contributed by atoms with Crippen LogP contribution in [0.5, 0.6) is 0 Å². The molecular weight excluding hydrogens is 354 g/mol. The van der Waals surface area contributed by atoms with Gasteiger partial charge in [-0.15, -0.1) is 0 Å². The predicted molar refractivity (Wildman–Crippen MR) is 91.8 cm³/mol. The maximum absolute atomic E-state index is 12.9. The zero-order valence-corrected chi connectivity index (χ0v) is 14.9. The Morgan fingerprint density at radius 2 is 2.04 bits per heavy atom. The number of hydrogen-bond donors (Lipinski definition) is 2. The highest BCUT2D eigenvalue weighted by molar-refractivity contribution is 6.24. The summed E-state index contributed by atoms with van der Waals surface area (Å²) in [6.45, 7) is 1.67. The Hall–Kier alpha value is -3.23. The van der Waals surface area contributed by atoms with Crippen LogP contribution in [0.4, 0.5) is 4.79 Å². The van der Waals surface area contributed by atoms with Gasteiger partial charge in [-0.25, -0.2) is 4.79 Å². The summed E-state index contributed by atoms with van der Waals surface area (Å²) < 4.78 is 5.14. The first-order valence-electron chi connectivity index (χ1n) is 8.55. The normalized spacial score (nSPS) is 20.2.